The second-order valence-corrected chi connectivity index (χ2v) is 6.88. The fourth-order valence-corrected chi connectivity index (χ4v) is 3.53. The summed E-state index contributed by atoms with van der Waals surface area (Å²) in [6.07, 6.45) is 0. The number of aromatic nitrogens is 2. The van der Waals surface area contributed by atoms with E-state index in [4.69, 9.17) is 0 Å². The number of hydrogen-bond acceptors (Lipinski definition) is 4. The van der Waals surface area contributed by atoms with E-state index in [0.717, 1.165) is 16.6 Å². The first-order valence-corrected chi connectivity index (χ1v) is 8.38. The van der Waals surface area contributed by atoms with Crippen molar-refractivity contribution in [2.24, 2.45) is 11.1 Å². The van der Waals surface area contributed by atoms with Crippen molar-refractivity contribution in [2.75, 3.05) is 0 Å². The number of hydrogen-bond donors (Lipinski definition) is 1. The Morgan fingerprint density at radius 1 is 1.16 bits per heavy atom. The second kappa shape index (κ2) is 5.55. The van der Waals surface area contributed by atoms with Crippen LogP contribution in [0.15, 0.2) is 41.6 Å². The van der Waals surface area contributed by atoms with Crippen LogP contribution in [0.4, 0.5) is 0 Å². The zero-order chi connectivity index (χ0) is 17.7. The normalized spacial score (nSPS) is 15.0. The number of benzene rings is 2. The molecule has 4 rings (SSSR count). The molecule has 1 heterocycles. The number of fused-ring (bicyclic) bond motifs is 3. The summed E-state index contributed by atoms with van der Waals surface area (Å²) in [5.74, 6) is 1.06. The number of imidazole rings is 1. The van der Waals surface area contributed by atoms with Gasteiger partial charge < -0.3 is 9.77 Å². The molecule has 126 valence electrons. The highest BCUT2D eigenvalue weighted by molar-refractivity contribution is 6.29. The molecule has 25 heavy (non-hydrogen) atoms. The van der Waals surface area contributed by atoms with Gasteiger partial charge in [0.1, 0.15) is 22.9 Å². The number of ketones is 1. The summed E-state index contributed by atoms with van der Waals surface area (Å²) in [5, 5.41) is 15.1. The van der Waals surface area contributed by atoms with Gasteiger partial charge in [0.05, 0.1) is 0 Å². The van der Waals surface area contributed by atoms with Crippen LogP contribution in [0.3, 0.4) is 0 Å². The molecule has 1 aliphatic rings. The molecule has 5 heteroatoms. The first-order valence-electron chi connectivity index (χ1n) is 8.38. The Labute approximate surface area is 145 Å². The summed E-state index contributed by atoms with van der Waals surface area (Å²) in [7, 11) is 0. The van der Waals surface area contributed by atoms with E-state index in [1.807, 2.05) is 47.9 Å². The molecule has 0 unspecified atom stereocenters. The number of aryl methyl sites for hydroxylation is 1. The standard InChI is InChI=1S/C20H19N3O2/c1-11(2)10-23-12(3)21-18-17(22-25)15-8-13-6-4-5-7-14(13)9-16(15)20(24)19(18)23/h4-9,11,25H,10H2,1-3H3/b22-17+. The maximum Gasteiger partial charge on any atom is 0.212 e. The molecule has 3 aromatic rings. The van der Waals surface area contributed by atoms with Gasteiger partial charge in [0.25, 0.3) is 0 Å². The number of rotatable bonds is 2. The van der Waals surface area contributed by atoms with Gasteiger partial charge in [-0.25, -0.2) is 4.98 Å². The quantitative estimate of drug-likeness (QED) is 0.448. The van der Waals surface area contributed by atoms with Crippen molar-refractivity contribution in [3.63, 3.8) is 0 Å². The van der Waals surface area contributed by atoms with E-state index in [1.165, 1.54) is 0 Å². The van der Waals surface area contributed by atoms with Gasteiger partial charge in [0.2, 0.25) is 5.78 Å². The lowest BCUT2D eigenvalue weighted by Crippen LogP contribution is -2.25. The first kappa shape index (κ1) is 15.6. The summed E-state index contributed by atoms with van der Waals surface area (Å²) >= 11 is 0. The molecule has 0 bridgehead atoms. The first-order chi connectivity index (χ1) is 12.0. The van der Waals surface area contributed by atoms with E-state index in [-0.39, 0.29) is 5.78 Å². The van der Waals surface area contributed by atoms with Crippen molar-refractivity contribution < 1.29 is 10.0 Å². The average molecular weight is 333 g/mol. The summed E-state index contributed by atoms with van der Waals surface area (Å²) in [6.45, 7) is 6.77. The largest absolute Gasteiger partial charge is 0.410 e. The highest BCUT2D eigenvalue weighted by Crippen LogP contribution is 2.31. The van der Waals surface area contributed by atoms with Gasteiger partial charge in [0, 0.05) is 17.7 Å². The van der Waals surface area contributed by atoms with Gasteiger partial charge in [-0.1, -0.05) is 43.3 Å². The van der Waals surface area contributed by atoms with Gasteiger partial charge in [-0.05, 0) is 35.7 Å². The topological polar surface area (TPSA) is 67.5 Å². The molecule has 0 spiro atoms. The summed E-state index contributed by atoms with van der Waals surface area (Å²) in [4.78, 5) is 17.8. The van der Waals surface area contributed by atoms with Crippen LogP contribution in [0, 0.1) is 12.8 Å². The summed E-state index contributed by atoms with van der Waals surface area (Å²) in [5.41, 5.74) is 2.54. The second-order valence-electron chi connectivity index (χ2n) is 6.88. The van der Waals surface area contributed by atoms with E-state index in [1.54, 1.807) is 0 Å². The minimum Gasteiger partial charge on any atom is -0.410 e. The van der Waals surface area contributed by atoms with E-state index in [2.05, 4.69) is 24.0 Å². The van der Waals surface area contributed by atoms with Crippen LogP contribution in [0.25, 0.3) is 10.8 Å². The lowest BCUT2D eigenvalue weighted by Gasteiger charge is -2.19. The van der Waals surface area contributed by atoms with E-state index in [9.17, 15) is 10.0 Å². The zero-order valence-electron chi connectivity index (χ0n) is 14.4. The van der Waals surface area contributed by atoms with E-state index >= 15 is 0 Å². The fraction of sp³-hybridized carbons (Fsp3) is 0.250. The Bertz CT molecular complexity index is 1040. The van der Waals surface area contributed by atoms with Crippen LogP contribution in [-0.2, 0) is 6.54 Å². The Morgan fingerprint density at radius 3 is 2.40 bits per heavy atom. The predicted octanol–water partition coefficient (Wildman–Crippen LogP) is 3.77. The fourth-order valence-electron chi connectivity index (χ4n) is 3.53. The summed E-state index contributed by atoms with van der Waals surface area (Å²) < 4.78 is 1.94. The van der Waals surface area contributed by atoms with Gasteiger partial charge in [-0.3, -0.25) is 4.79 Å². The molecule has 0 fully saturated rings. The van der Waals surface area contributed by atoms with Crippen LogP contribution in [0.5, 0.6) is 0 Å². The smallest absolute Gasteiger partial charge is 0.212 e. The van der Waals surface area contributed by atoms with Crippen molar-refractivity contribution in [1.29, 1.82) is 0 Å². The van der Waals surface area contributed by atoms with Gasteiger partial charge in [-0.15, -0.1) is 0 Å². The Balaban J connectivity index is 2.02. The SMILES string of the molecule is Cc1nc2c(n1CC(C)C)C(=O)c1cc3ccccc3cc1/C2=N\O. The molecule has 0 aliphatic heterocycles. The van der Waals surface area contributed by atoms with Gasteiger partial charge in [0.15, 0.2) is 0 Å². The Hall–Kier alpha value is -2.95. The summed E-state index contributed by atoms with van der Waals surface area (Å²) in [6, 6.07) is 11.6. The van der Waals surface area contributed by atoms with Crippen LogP contribution in [0.1, 0.15) is 47.0 Å². The molecule has 0 radical (unpaired) electrons. The minimum atomic E-state index is -0.0654. The number of nitrogens with zero attached hydrogens (tertiary/aromatic N) is 3. The molecule has 0 saturated carbocycles. The molecule has 1 aromatic heterocycles. The molecule has 1 aliphatic carbocycles. The predicted molar refractivity (Wildman–Crippen MR) is 96.6 cm³/mol. The van der Waals surface area contributed by atoms with Crippen molar-refractivity contribution in [1.82, 2.24) is 9.55 Å². The average Bonchev–Trinajstić information content (AvgIpc) is 2.90. The number of oxime groups is 1. The molecule has 0 atom stereocenters. The van der Waals surface area contributed by atoms with Crippen LogP contribution in [-0.4, -0.2) is 26.3 Å². The number of carbonyl (C=O) groups is 1. The van der Waals surface area contributed by atoms with Crippen LogP contribution in [0.2, 0.25) is 0 Å². The number of carbonyl (C=O) groups excluding carboxylic acids is 1. The molecule has 2 aromatic carbocycles. The third-order valence-electron chi connectivity index (χ3n) is 4.63. The van der Waals surface area contributed by atoms with Crippen molar-refractivity contribution in [3.8, 4) is 0 Å². The van der Waals surface area contributed by atoms with Crippen LogP contribution < -0.4 is 0 Å². The zero-order valence-corrected chi connectivity index (χ0v) is 14.4. The molecule has 5 nitrogen and oxygen atoms in total. The molecule has 1 N–H and O–H groups in total. The van der Waals surface area contributed by atoms with Gasteiger partial charge >= 0.3 is 0 Å². The third kappa shape index (κ3) is 2.27. The maximum atomic E-state index is 13.2. The van der Waals surface area contributed by atoms with Crippen molar-refractivity contribution >= 4 is 22.3 Å². The highest BCUT2D eigenvalue weighted by atomic mass is 16.4. The Kier molecular flexibility index (Phi) is 3.46. The monoisotopic (exact) mass is 333 g/mol. The lowest BCUT2D eigenvalue weighted by molar-refractivity contribution is 0.102. The molecule has 0 saturated heterocycles. The van der Waals surface area contributed by atoms with E-state index < -0.39 is 0 Å². The highest BCUT2D eigenvalue weighted by Gasteiger charge is 2.34. The molecule has 0 amide bonds. The molecular weight excluding hydrogens is 314 g/mol. The van der Waals surface area contributed by atoms with Crippen LogP contribution >= 0.6 is 0 Å². The van der Waals surface area contributed by atoms with Crippen molar-refractivity contribution in [3.05, 3.63) is 64.7 Å². The molecular formula is C20H19N3O2. The van der Waals surface area contributed by atoms with Crippen molar-refractivity contribution in [2.45, 2.75) is 27.3 Å². The third-order valence-corrected chi connectivity index (χ3v) is 4.63. The van der Waals surface area contributed by atoms with E-state index in [0.29, 0.717) is 40.7 Å². The maximum absolute atomic E-state index is 13.2. The van der Waals surface area contributed by atoms with Gasteiger partial charge in [-0.2, -0.15) is 0 Å². The lowest BCUT2D eigenvalue weighted by atomic mass is 9.87. The Morgan fingerprint density at radius 2 is 1.80 bits per heavy atom. The minimum absolute atomic E-state index is 0.0654.